The molecule has 2 nitrogen and oxygen atoms in total. The van der Waals surface area contributed by atoms with Gasteiger partial charge >= 0.3 is 0 Å². The predicted molar refractivity (Wildman–Crippen MR) is 78.2 cm³/mol. The summed E-state index contributed by atoms with van der Waals surface area (Å²) in [6.45, 7) is 0. The van der Waals surface area contributed by atoms with Crippen molar-refractivity contribution in [2.24, 2.45) is 0 Å². The number of hydrogen-bond donors (Lipinski definition) is 0. The van der Waals surface area contributed by atoms with Gasteiger partial charge < -0.3 is 0 Å². The third-order valence-electron chi connectivity index (χ3n) is 2.81. The van der Waals surface area contributed by atoms with Crippen molar-refractivity contribution < 1.29 is 9.18 Å². The number of nitrogens with zero attached hydrogens (tertiary/aromatic N) is 1. The van der Waals surface area contributed by atoms with Crippen LogP contribution in [0.4, 0.5) is 4.39 Å². The molecule has 1 unspecified atom stereocenters. The number of hydrogen-bond acceptors (Lipinski definition) is 2. The van der Waals surface area contributed by atoms with Crippen molar-refractivity contribution in [3.05, 3.63) is 68.9 Å². The fraction of sp³-hybridized carbons (Fsp3) is 0.0667. The van der Waals surface area contributed by atoms with E-state index in [4.69, 9.17) is 11.6 Å². The van der Waals surface area contributed by atoms with E-state index in [1.807, 2.05) is 6.07 Å². The number of rotatable bonds is 3. The predicted octanol–water partition coefficient (Wildman–Crippen LogP) is 4.73. The lowest BCUT2D eigenvalue weighted by Gasteiger charge is -2.11. The Morgan fingerprint density at radius 1 is 1.30 bits per heavy atom. The van der Waals surface area contributed by atoms with Crippen molar-refractivity contribution in [3.8, 4) is 6.07 Å². The number of nitriles is 1. The average Bonchev–Trinajstić information content (AvgIpc) is 2.44. The maximum atomic E-state index is 13.1. The molecule has 0 aliphatic heterocycles. The van der Waals surface area contributed by atoms with Gasteiger partial charge in [-0.1, -0.05) is 45.7 Å². The van der Waals surface area contributed by atoms with E-state index in [0.29, 0.717) is 10.0 Å². The molecular weight excluding hydrogens is 345 g/mol. The zero-order valence-electron chi connectivity index (χ0n) is 10.1. The fourth-order valence-electron chi connectivity index (χ4n) is 1.79. The SMILES string of the molecule is N#CC(C(=O)c1ccc(F)c(Cl)c1)c1ccccc1Br. The Morgan fingerprint density at radius 3 is 2.60 bits per heavy atom. The molecule has 0 amide bonds. The number of halogens is 3. The second kappa shape index (κ2) is 6.17. The molecule has 0 saturated carbocycles. The molecule has 0 radical (unpaired) electrons. The highest BCUT2D eigenvalue weighted by Gasteiger charge is 2.24. The Hall–Kier alpha value is -1.70. The Balaban J connectivity index is 2.42. The van der Waals surface area contributed by atoms with Crippen molar-refractivity contribution in [1.29, 1.82) is 5.26 Å². The van der Waals surface area contributed by atoms with Gasteiger partial charge in [-0.15, -0.1) is 0 Å². The second-order valence-electron chi connectivity index (χ2n) is 4.08. The topological polar surface area (TPSA) is 40.9 Å². The zero-order chi connectivity index (χ0) is 14.7. The Morgan fingerprint density at radius 2 is 2.00 bits per heavy atom. The summed E-state index contributed by atoms with van der Waals surface area (Å²) in [7, 11) is 0. The summed E-state index contributed by atoms with van der Waals surface area (Å²) in [5, 5.41) is 9.12. The van der Waals surface area contributed by atoms with Gasteiger partial charge in [0.1, 0.15) is 11.7 Å². The Kier molecular flexibility index (Phi) is 4.53. The molecule has 0 aromatic heterocycles. The van der Waals surface area contributed by atoms with Crippen LogP contribution >= 0.6 is 27.5 Å². The van der Waals surface area contributed by atoms with Gasteiger partial charge in [-0.3, -0.25) is 4.79 Å². The number of carbonyl (C=O) groups excluding carboxylic acids is 1. The van der Waals surface area contributed by atoms with Crippen LogP contribution in [0.2, 0.25) is 5.02 Å². The van der Waals surface area contributed by atoms with Crippen LogP contribution in [0, 0.1) is 17.1 Å². The van der Waals surface area contributed by atoms with E-state index < -0.39 is 17.5 Å². The van der Waals surface area contributed by atoms with Crippen LogP contribution in [-0.4, -0.2) is 5.78 Å². The molecule has 0 fully saturated rings. The molecule has 0 heterocycles. The normalized spacial score (nSPS) is 11.7. The van der Waals surface area contributed by atoms with E-state index in [1.54, 1.807) is 24.3 Å². The van der Waals surface area contributed by atoms with Gasteiger partial charge in [-0.2, -0.15) is 5.26 Å². The number of carbonyl (C=O) groups is 1. The molecule has 0 spiro atoms. The van der Waals surface area contributed by atoms with Gasteiger partial charge in [0.05, 0.1) is 11.1 Å². The van der Waals surface area contributed by atoms with Crippen molar-refractivity contribution >= 4 is 33.3 Å². The quantitative estimate of drug-likeness (QED) is 0.749. The summed E-state index contributed by atoms with van der Waals surface area (Å²) in [6, 6.07) is 12.6. The van der Waals surface area contributed by atoms with Crippen molar-refractivity contribution in [3.63, 3.8) is 0 Å². The van der Waals surface area contributed by atoms with Gasteiger partial charge in [-0.25, -0.2) is 4.39 Å². The van der Waals surface area contributed by atoms with Crippen LogP contribution in [0.5, 0.6) is 0 Å². The molecule has 0 aliphatic carbocycles. The minimum absolute atomic E-state index is 0.139. The molecule has 20 heavy (non-hydrogen) atoms. The molecule has 0 N–H and O–H groups in total. The molecule has 2 aromatic carbocycles. The molecule has 5 heteroatoms. The first-order valence-corrected chi connectivity index (χ1v) is 6.85. The van der Waals surface area contributed by atoms with Gasteiger partial charge in [0.25, 0.3) is 0 Å². The lowest BCUT2D eigenvalue weighted by Crippen LogP contribution is -2.12. The standard InChI is InChI=1S/C15H8BrClFNO/c16-12-4-2-1-3-10(12)11(8-19)15(20)9-5-6-14(18)13(17)7-9/h1-7,11H. The first kappa shape index (κ1) is 14.7. The fourth-order valence-corrected chi connectivity index (χ4v) is 2.49. The average molecular weight is 353 g/mol. The highest BCUT2D eigenvalue weighted by atomic mass is 79.9. The Labute approximate surface area is 128 Å². The molecule has 0 bridgehead atoms. The largest absolute Gasteiger partial charge is 0.292 e. The van der Waals surface area contributed by atoms with E-state index in [-0.39, 0.29) is 10.6 Å². The zero-order valence-corrected chi connectivity index (χ0v) is 12.5. The summed E-state index contributed by atoms with van der Waals surface area (Å²) in [5.74, 6) is -1.98. The minimum Gasteiger partial charge on any atom is -0.292 e. The van der Waals surface area contributed by atoms with Gasteiger partial charge in [0.15, 0.2) is 5.78 Å². The molecule has 0 aliphatic rings. The van der Waals surface area contributed by atoms with Crippen molar-refractivity contribution in [1.82, 2.24) is 0 Å². The summed E-state index contributed by atoms with van der Waals surface area (Å²) in [4.78, 5) is 12.4. The summed E-state index contributed by atoms with van der Waals surface area (Å²) >= 11 is 8.98. The molecule has 2 aromatic rings. The smallest absolute Gasteiger partial charge is 0.184 e. The minimum atomic E-state index is -0.966. The maximum Gasteiger partial charge on any atom is 0.184 e. The number of Topliss-reactive ketones (excluding diaryl/α,β-unsaturated/α-hetero) is 1. The van der Waals surface area contributed by atoms with Gasteiger partial charge in [-0.05, 0) is 29.8 Å². The van der Waals surface area contributed by atoms with Crippen LogP contribution in [0.3, 0.4) is 0 Å². The summed E-state index contributed by atoms with van der Waals surface area (Å²) < 4.78 is 13.8. The van der Waals surface area contributed by atoms with Crippen LogP contribution in [0.25, 0.3) is 0 Å². The molecule has 1 atom stereocenters. The summed E-state index contributed by atoms with van der Waals surface area (Å²) in [6.07, 6.45) is 0. The van der Waals surface area contributed by atoms with Crippen LogP contribution < -0.4 is 0 Å². The first-order chi connectivity index (χ1) is 9.54. The highest BCUT2D eigenvalue weighted by molar-refractivity contribution is 9.10. The maximum absolute atomic E-state index is 13.1. The van der Waals surface area contributed by atoms with Crippen LogP contribution in [-0.2, 0) is 0 Å². The highest BCUT2D eigenvalue weighted by Crippen LogP contribution is 2.28. The van der Waals surface area contributed by atoms with Gasteiger partial charge in [0.2, 0.25) is 0 Å². The van der Waals surface area contributed by atoms with E-state index in [9.17, 15) is 14.4 Å². The van der Waals surface area contributed by atoms with Crippen LogP contribution in [0.15, 0.2) is 46.9 Å². The molecular formula is C15H8BrClFNO. The van der Waals surface area contributed by atoms with E-state index in [0.717, 1.165) is 6.07 Å². The monoisotopic (exact) mass is 351 g/mol. The third-order valence-corrected chi connectivity index (χ3v) is 3.82. The van der Waals surface area contributed by atoms with Crippen molar-refractivity contribution in [2.75, 3.05) is 0 Å². The lowest BCUT2D eigenvalue weighted by atomic mass is 9.92. The molecule has 2 rings (SSSR count). The molecule has 0 saturated heterocycles. The van der Waals surface area contributed by atoms with E-state index >= 15 is 0 Å². The number of ketones is 1. The Bertz CT molecular complexity index is 711. The number of benzene rings is 2. The molecule has 100 valence electrons. The second-order valence-corrected chi connectivity index (χ2v) is 5.34. The van der Waals surface area contributed by atoms with E-state index in [1.165, 1.54) is 12.1 Å². The van der Waals surface area contributed by atoms with Crippen molar-refractivity contribution in [2.45, 2.75) is 5.92 Å². The first-order valence-electron chi connectivity index (χ1n) is 5.68. The van der Waals surface area contributed by atoms with Gasteiger partial charge in [0, 0.05) is 10.0 Å². The summed E-state index contributed by atoms with van der Waals surface area (Å²) in [5.41, 5.74) is 0.777. The third kappa shape index (κ3) is 2.90. The van der Waals surface area contributed by atoms with E-state index in [2.05, 4.69) is 15.9 Å². The lowest BCUT2D eigenvalue weighted by molar-refractivity contribution is 0.0978. The van der Waals surface area contributed by atoms with Crippen LogP contribution in [0.1, 0.15) is 21.8 Å².